The lowest BCUT2D eigenvalue weighted by molar-refractivity contribution is -0.175. The van der Waals surface area contributed by atoms with Gasteiger partial charge in [-0.2, -0.15) is 13.2 Å². The molecule has 0 spiro atoms. The zero-order valence-electron chi connectivity index (χ0n) is 11.9. The molecular formula is C15H19F3N2O. The van der Waals surface area contributed by atoms with Gasteiger partial charge in [0.05, 0.1) is 5.66 Å². The molecule has 0 bridgehead atoms. The molecule has 1 aliphatic carbocycles. The maximum atomic E-state index is 12.4. The molecule has 0 radical (unpaired) electrons. The van der Waals surface area contributed by atoms with E-state index in [4.69, 9.17) is 5.73 Å². The average molecular weight is 300 g/mol. The summed E-state index contributed by atoms with van der Waals surface area (Å²) in [5.74, 6) is -1.98. The predicted molar refractivity (Wildman–Crippen MR) is 73.6 cm³/mol. The second-order valence-electron chi connectivity index (χ2n) is 5.62. The average Bonchev–Trinajstić information content (AvgIpc) is 2.71. The third kappa shape index (κ3) is 3.56. The van der Waals surface area contributed by atoms with Crippen LogP contribution >= 0.6 is 0 Å². The number of halogens is 3. The number of benzene rings is 1. The van der Waals surface area contributed by atoms with Crippen LogP contribution in [0.15, 0.2) is 18.2 Å². The first-order valence-corrected chi connectivity index (χ1v) is 7.03. The summed E-state index contributed by atoms with van der Waals surface area (Å²) < 4.78 is 37.1. The highest BCUT2D eigenvalue weighted by Gasteiger charge is 2.45. The number of unbranched alkanes of at least 4 members (excludes halogenated alkanes) is 1. The number of carbonyl (C=O) groups is 1. The van der Waals surface area contributed by atoms with Crippen molar-refractivity contribution in [3.8, 4) is 0 Å². The van der Waals surface area contributed by atoms with Crippen molar-refractivity contribution >= 4 is 5.91 Å². The summed E-state index contributed by atoms with van der Waals surface area (Å²) in [5.41, 5.74) is 7.64. The highest BCUT2D eigenvalue weighted by Crippen LogP contribution is 2.31. The molecule has 3 nitrogen and oxygen atoms in total. The highest BCUT2D eigenvalue weighted by molar-refractivity contribution is 5.82. The lowest BCUT2D eigenvalue weighted by Gasteiger charge is -2.26. The molecule has 0 aliphatic heterocycles. The Morgan fingerprint density at radius 1 is 1.38 bits per heavy atom. The molecule has 0 saturated carbocycles. The number of aryl methyl sites for hydroxylation is 1. The van der Waals surface area contributed by atoms with Gasteiger partial charge < -0.3 is 11.1 Å². The molecule has 6 heteroatoms. The van der Waals surface area contributed by atoms with Crippen LogP contribution in [-0.4, -0.2) is 17.7 Å². The van der Waals surface area contributed by atoms with Crippen molar-refractivity contribution in [2.75, 3.05) is 0 Å². The third-order valence-electron chi connectivity index (χ3n) is 3.79. The zero-order valence-corrected chi connectivity index (χ0v) is 11.9. The molecule has 1 aromatic rings. The van der Waals surface area contributed by atoms with Crippen molar-refractivity contribution in [2.24, 2.45) is 5.73 Å². The van der Waals surface area contributed by atoms with E-state index in [0.29, 0.717) is 0 Å². The van der Waals surface area contributed by atoms with Crippen LogP contribution in [-0.2, 0) is 24.1 Å². The van der Waals surface area contributed by atoms with Crippen LogP contribution in [0.1, 0.15) is 36.5 Å². The number of amides is 1. The molecule has 1 aromatic carbocycles. The molecule has 21 heavy (non-hydrogen) atoms. The number of carbonyl (C=O) groups excluding carboxylic acids is 1. The van der Waals surface area contributed by atoms with Gasteiger partial charge in [-0.3, -0.25) is 4.79 Å². The Labute approximate surface area is 121 Å². The second kappa shape index (κ2) is 5.67. The van der Waals surface area contributed by atoms with Crippen LogP contribution in [0.3, 0.4) is 0 Å². The molecular weight excluding hydrogens is 281 g/mol. The molecule has 1 aliphatic rings. The first-order valence-electron chi connectivity index (χ1n) is 7.03. The lowest BCUT2D eigenvalue weighted by Crippen LogP contribution is -2.59. The van der Waals surface area contributed by atoms with Gasteiger partial charge in [0, 0.05) is 12.8 Å². The summed E-state index contributed by atoms with van der Waals surface area (Å²) in [4.78, 5) is 11.1. The van der Waals surface area contributed by atoms with Crippen LogP contribution in [0.2, 0.25) is 0 Å². The molecule has 116 valence electrons. The van der Waals surface area contributed by atoms with E-state index in [1.165, 1.54) is 0 Å². The first-order chi connectivity index (χ1) is 9.75. The van der Waals surface area contributed by atoms with E-state index >= 15 is 0 Å². The number of fused-ring (bicyclic) bond motifs is 1. The van der Waals surface area contributed by atoms with Crippen molar-refractivity contribution in [1.82, 2.24) is 5.32 Å². The van der Waals surface area contributed by atoms with E-state index in [2.05, 4.69) is 6.92 Å². The summed E-state index contributed by atoms with van der Waals surface area (Å²) in [5, 5.41) is 1.94. The third-order valence-corrected chi connectivity index (χ3v) is 3.79. The van der Waals surface area contributed by atoms with Gasteiger partial charge in [0.25, 0.3) is 0 Å². The minimum absolute atomic E-state index is 0.226. The van der Waals surface area contributed by atoms with Crippen LogP contribution in [0.5, 0.6) is 0 Å². The highest BCUT2D eigenvalue weighted by atomic mass is 19.4. The largest absolute Gasteiger partial charge is 0.471 e. The van der Waals surface area contributed by atoms with Crippen molar-refractivity contribution in [2.45, 2.75) is 50.9 Å². The monoisotopic (exact) mass is 300 g/mol. The molecule has 3 N–H and O–H groups in total. The molecule has 2 rings (SSSR count). The van der Waals surface area contributed by atoms with E-state index in [1.807, 2.05) is 23.5 Å². The maximum absolute atomic E-state index is 12.4. The Balaban J connectivity index is 2.16. The van der Waals surface area contributed by atoms with Gasteiger partial charge in [-0.05, 0) is 29.5 Å². The number of nitrogens with one attached hydrogen (secondary N) is 1. The Morgan fingerprint density at radius 2 is 2.10 bits per heavy atom. The maximum Gasteiger partial charge on any atom is 0.471 e. The van der Waals surface area contributed by atoms with Crippen LogP contribution < -0.4 is 11.1 Å². The Hall–Kier alpha value is -1.56. The standard InChI is InChI=1S/C15H19F3N2O/c1-2-3-5-10-6-4-7-11-8-14(19,9-12(10)11)20-13(21)15(16,17)18/h4,6-7H,2-3,5,8-9,19H2,1H3,(H,20,21). The Kier molecular flexibility index (Phi) is 4.27. The zero-order chi connectivity index (χ0) is 15.7. The number of hydrogen-bond acceptors (Lipinski definition) is 2. The molecule has 0 heterocycles. The van der Waals surface area contributed by atoms with Crippen molar-refractivity contribution < 1.29 is 18.0 Å². The second-order valence-corrected chi connectivity index (χ2v) is 5.62. The summed E-state index contributed by atoms with van der Waals surface area (Å²) in [6.45, 7) is 2.08. The van der Waals surface area contributed by atoms with Crippen LogP contribution in [0, 0.1) is 0 Å². The van der Waals surface area contributed by atoms with Crippen molar-refractivity contribution in [3.63, 3.8) is 0 Å². The van der Waals surface area contributed by atoms with Gasteiger partial charge in [0.1, 0.15) is 0 Å². The van der Waals surface area contributed by atoms with Gasteiger partial charge in [-0.1, -0.05) is 31.5 Å². The van der Waals surface area contributed by atoms with E-state index in [0.717, 1.165) is 36.0 Å². The fourth-order valence-electron chi connectivity index (χ4n) is 2.79. The predicted octanol–water partition coefficient (Wildman–Crippen LogP) is 2.46. The van der Waals surface area contributed by atoms with Crippen molar-refractivity contribution in [3.05, 3.63) is 34.9 Å². The Bertz CT molecular complexity index is 542. The van der Waals surface area contributed by atoms with E-state index in [-0.39, 0.29) is 12.8 Å². The van der Waals surface area contributed by atoms with Gasteiger partial charge in [0.2, 0.25) is 0 Å². The minimum Gasteiger partial charge on any atom is -0.330 e. The minimum atomic E-state index is -4.91. The van der Waals surface area contributed by atoms with Crippen molar-refractivity contribution in [1.29, 1.82) is 0 Å². The number of nitrogens with two attached hydrogens (primary N) is 1. The SMILES string of the molecule is CCCCc1cccc2c1CC(N)(NC(=O)C(F)(F)F)C2. The molecule has 1 atom stereocenters. The van der Waals surface area contributed by atoms with Gasteiger partial charge in [0.15, 0.2) is 0 Å². The fourth-order valence-corrected chi connectivity index (χ4v) is 2.79. The molecule has 0 fully saturated rings. The summed E-state index contributed by atoms with van der Waals surface area (Å²) in [6, 6.07) is 5.73. The summed E-state index contributed by atoms with van der Waals surface area (Å²) in [6.07, 6.45) is -1.51. The van der Waals surface area contributed by atoms with Crippen LogP contribution in [0.4, 0.5) is 13.2 Å². The van der Waals surface area contributed by atoms with E-state index in [9.17, 15) is 18.0 Å². The molecule has 1 amide bonds. The number of rotatable bonds is 4. The molecule has 0 aromatic heterocycles. The molecule has 1 unspecified atom stereocenters. The van der Waals surface area contributed by atoms with Gasteiger partial charge in [-0.15, -0.1) is 0 Å². The smallest absolute Gasteiger partial charge is 0.330 e. The number of alkyl halides is 3. The Morgan fingerprint density at radius 3 is 2.71 bits per heavy atom. The number of hydrogen-bond donors (Lipinski definition) is 2. The summed E-state index contributed by atoms with van der Waals surface area (Å²) in [7, 11) is 0. The fraction of sp³-hybridized carbons (Fsp3) is 0.533. The lowest BCUT2D eigenvalue weighted by atomic mass is 9.99. The topological polar surface area (TPSA) is 55.1 Å². The van der Waals surface area contributed by atoms with Gasteiger partial charge in [-0.25, -0.2) is 0 Å². The van der Waals surface area contributed by atoms with Gasteiger partial charge >= 0.3 is 12.1 Å². The quantitative estimate of drug-likeness (QED) is 0.839. The normalized spacial score (nSPS) is 21.2. The first kappa shape index (κ1) is 15.8. The van der Waals surface area contributed by atoms with E-state index in [1.54, 1.807) is 0 Å². The van der Waals surface area contributed by atoms with Crippen LogP contribution in [0.25, 0.3) is 0 Å². The van der Waals surface area contributed by atoms with E-state index < -0.39 is 17.7 Å². The molecule has 0 saturated heterocycles. The summed E-state index contributed by atoms with van der Waals surface area (Å²) >= 11 is 0.